The second kappa shape index (κ2) is 12.3. The van der Waals surface area contributed by atoms with E-state index in [2.05, 4.69) is 192 Å². The zero-order valence-corrected chi connectivity index (χ0v) is 32.2. The van der Waals surface area contributed by atoms with Gasteiger partial charge in [-0.3, -0.25) is 9.97 Å². The molecule has 0 amide bonds. The number of aromatic nitrogens is 3. The number of rotatable bonds is 4. The first-order valence-electron chi connectivity index (χ1n) is 20.0. The minimum absolute atomic E-state index is 0.123. The van der Waals surface area contributed by atoms with E-state index in [-0.39, 0.29) is 5.41 Å². The van der Waals surface area contributed by atoms with E-state index in [0.717, 1.165) is 27.8 Å². The van der Waals surface area contributed by atoms with E-state index in [4.69, 9.17) is 0 Å². The molecule has 58 heavy (non-hydrogen) atoms. The highest BCUT2D eigenvalue weighted by Crippen LogP contribution is 2.51. The third-order valence-electron chi connectivity index (χ3n) is 12.7. The lowest BCUT2D eigenvalue weighted by Crippen LogP contribution is -2.15. The van der Waals surface area contributed by atoms with Gasteiger partial charge >= 0.3 is 0 Å². The molecule has 3 nitrogen and oxygen atoms in total. The summed E-state index contributed by atoms with van der Waals surface area (Å²) in [6, 6.07) is 62.5. The second-order valence-electron chi connectivity index (χ2n) is 16.2. The Labute approximate surface area is 336 Å². The van der Waals surface area contributed by atoms with Crippen LogP contribution in [0.5, 0.6) is 0 Å². The molecule has 0 fully saturated rings. The van der Waals surface area contributed by atoms with Crippen molar-refractivity contribution >= 4 is 54.1 Å². The quantitative estimate of drug-likeness (QED) is 0.168. The largest absolute Gasteiger partial charge is 0.309 e. The van der Waals surface area contributed by atoms with E-state index in [1.165, 1.54) is 87.7 Å². The summed E-state index contributed by atoms with van der Waals surface area (Å²) in [7, 11) is 0. The standard InChI is InChI=1S/C55H37N3/c1-55(2)50-30-35(18-23-44(50)45-24-20-39(31-51(45)55)52-14-8-9-26-57-52)34-17-21-41-36(28-34)15-16-37-29-38(19-22-42(37)41)47-32-48-49-33-56-27-25-53(49)58(40-10-4-3-5-11-40)54(48)46-13-7-6-12-43(46)47/h3-33H,1-2H3. The highest BCUT2D eigenvalue weighted by molar-refractivity contribution is 6.22. The van der Waals surface area contributed by atoms with E-state index in [1.54, 1.807) is 0 Å². The lowest BCUT2D eigenvalue weighted by atomic mass is 9.81. The molecule has 0 saturated carbocycles. The Balaban J connectivity index is 0.941. The molecule has 0 unspecified atom stereocenters. The maximum absolute atomic E-state index is 4.62. The lowest BCUT2D eigenvalue weighted by molar-refractivity contribution is 0.661. The Morgan fingerprint density at radius 1 is 0.431 bits per heavy atom. The van der Waals surface area contributed by atoms with Gasteiger partial charge in [0.25, 0.3) is 0 Å². The molecule has 12 rings (SSSR count). The van der Waals surface area contributed by atoms with Crippen LogP contribution in [-0.2, 0) is 5.41 Å². The average Bonchev–Trinajstić information content (AvgIpc) is 3.74. The van der Waals surface area contributed by atoms with Gasteiger partial charge in [-0.15, -0.1) is 0 Å². The van der Waals surface area contributed by atoms with Crippen molar-refractivity contribution in [3.8, 4) is 50.3 Å². The van der Waals surface area contributed by atoms with Crippen LogP contribution < -0.4 is 0 Å². The first-order chi connectivity index (χ1) is 28.5. The van der Waals surface area contributed by atoms with Crippen molar-refractivity contribution in [2.45, 2.75) is 19.3 Å². The number of para-hydroxylation sites is 1. The van der Waals surface area contributed by atoms with Gasteiger partial charge in [-0.2, -0.15) is 0 Å². The molecule has 1 aliphatic carbocycles. The number of benzene rings is 8. The number of hydrogen-bond acceptors (Lipinski definition) is 2. The van der Waals surface area contributed by atoms with E-state index in [0.29, 0.717) is 0 Å². The number of nitrogens with zero attached hydrogens (tertiary/aromatic N) is 3. The van der Waals surface area contributed by atoms with Crippen molar-refractivity contribution in [3.05, 3.63) is 200 Å². The Hall–Kier alpha value is -7.36. The van der Waals surface area contributed by atoms with Gasteiger partial charge in [0.2, 0.25) is 0 Å². The molecule has 1 aliphatic rings. The zero-order valence-electron chi connectivity index (χ0n) is 32.2. The topological polar surface area (TPSA) is 30.7 Å². The monoisotopic (exact) mass is 739 g/mol. The number of pyridine rings is 2. The smallest absolute Gasteiger partial charge is 0.0702 e. The molecule has 3 aromatic heterocycles. The van der Waals surface area contributed by atoms with Crippen LogP contribution in [0, 0.1) is 0 Å². The zero-order chi connectivity index (χ0) is 38.5. The third kappa shape index (κ3) is 4.80. The van der Waals surface area contributed by atoms with Crippen molar-refractivity contribution in [3.63, 3.8) is 0 Å². The fourth-order valence-electron chi connectivity index (χ4n) is 9.83. The minimum Gasteiger partial charge on any atom is -0.309 e. The van der Waals surface area contributed by atoms with E-state index in [9.17, 15) is 0 Å². The van der Waals surface area contributed by atoms with Crippen molar-refractivity contribution < 1.29 is 0 Å². The van der Waals surface area contributed by atoms with E-state index in [1.807, 2.05) is 24.7 Å². The maximum atomic E-state index is 4.62. The minimum atomic E-state index is -0.123. The summed E-state index contributed by atoms with van der Waals surface area (Å²) in [5.41, 5.74) is 15.8. The van der Waals surface area contributed by atoms with Gasteiger partial charge in [-0.1, -0.05) is 123 Å². The summed E-state index contributed by atoms with van der Waals surface area (Å²) in [6.45, 7) is 4.71. The van der Waals surface area contributed by atoms with E-state index >= 15 is 0 Å². The number of fused-ring (bicyclic) bond motifs is 11. The second-order valence-corrected chi connectivity index (χ2v) is 16.2. The van der Waals surface area contributed by atoms with Crippen LogP contribution in [0.2, 0.25) is 0 Å². The molecule has 0 radical (unpaired) electrons. The number of hydrogen-bond donors (Lipinski definition) is 0. The summed E-state index contributed by atoms with van der Waals surface area (Å²) < 4.78 is 2.39. The van der Waals surface area contributed by atoms with Crippen molar-refractivity contribution in [2.75, 3.05) is 0 Å². The van der Waals surface area contributed by atoms with Gasteiger partial charge in [0, 0.05) is 51.4 Å². The molecule has 0 spiro atoms. The van der Waals surface area contributed by atoms with Crippen LogP contribution in [0.3, 0.4) is 0 Å². The van der Waals surface area contributed by atoms with Crippen LogP contribution in [0.25, 0.3) is 104 Å². The Kier molecular flexibility index (Phi) is 6.98. The molecule has 3 heterocycles. The molecule has 11 aromatic rings. The van der Waals surface area contributed by atoms with Crippen LogP contribution in [0.1, 0.15) is 25.0 Å². The molecule has 3 heteroatoms. The fraction of sp³-hybridized carbons (Fsp3) is 0.0545. The normalized spacial score (nSPS) is 13.1. The molecule has 0 N–H and O–H groups in total. The van der Waals surface area contributed by atoms with Gasteiger partial charge < -0.3 is 4.57 Å². The molecule has 0 bridgehead atoms. The Morgan fingerprint density at radius 2 is 1.07 bits per heavy atom. The summed E-state index contributed by atoms with van der Waals surface area (Å²) in [5, 5.41) is 9.84. The van der Waals surface area contributed by atoms with Crippen LogP contribution in [0.15, 0.2) is 188 Å². The van der Waals surface area contributed by atoms with Crippen LogP contribution in [0.4, 0.5) is 0 Å². The molecule has 0 saturated heterocycles. The fourth-order valence-corrected chi connectivity index (χ4v) is 9.83. The van der Waals surface area contributed by atoms with Crippen LogP contribution in [-0.4, -0.2) is 14.5 Å². The molecular formula is C55H37N3. The summed E-state index contributed by atoms with van der Waals surface area (Å²) in [5.74, 6) is 0. The highest BCUT2D eigenvalue weighted by atomic mass is 15.0. The first kappa shape index (κ1) is 32.8. The summed E-state index contributed by atoms with van der Waals surface area (Å²) in [4.78, 5) is 9.20. The van der Waals surface area contributed by atoms with Gasteiger partial charge in [0.15, 0.2) is 0 Å². The Bertz CT molecular complexity index is 3470. The molecule has 272 valence electrons. The van der Waals surface area contributed by atoms with Gasteiger partial charge in [0.1, 0.15) is 0 Å². The molecule has 0 aliphatic heterocycles. The van der Waals surface area contributed by atoms with Gasteiger partial charge in [0.05, 0.1) is 16.7 Å². The first-order valence-corrected chi connectivity index (χ1v) is 20.0. The molecular weight excluding hydrogens is 703 g/mol. The third-order valence-corrected chi connectivity index (χ3v) is 12.7. The SMILES string of the molecule is CC1(C)c2cc(-c3ccc4c(ccc5cc(-c6cc7c8cnccc8n(-c8ccccc8)c7c7ccccc67)ccc54)c3)ccc2-c2ccc(-c3ccccn3)cc21. The van der Waals surface area contributed by atoms with Gasteiger partial charge in [-0.05, 0) is 132 Å². The lowest BCUT2D eigenvalue weighted by Gasteiger charge is -2.22. The Morgan fingerprint density at radius 3 is 1.83 bits per heavy atom. The molecule has 0 atom stereocenters. The van der Waals surface area contributed by atoms with Crippen molar-refractivity contribution in [1.82, 2.24) is 14.5 Å². The maximum Gasteiger partial charge on any atom is 0.0702 e. The van der Waals surface area contributed by atoms with E-state index < -0.39 is 0 Å². The van der Waals surface area contributed by atoms with Crippen molar-refractivity contribution in [2.24, 2.45) is 0 Å². The summed E-state index contributed by atoms with van der Waals surface area (Å²) >= 11 is 0. The highest BCUT2D eigenvalue weighted by Gasteiger charge is 2.36. The summed E-state index contributed by atoms with van der Waals surface area (Å²) in [6.07, 6.45) is 5.77. The van der Waals surface area contributed by atoms with Crippen LogP contribution >= 0.6 is 0 Å². The molecule has 8 aromatic carbocycles. The van der Waals surface area contributed by atoms with Gasteiger partial charge in [-0.25, -0.2) is 0 Å². The predicted octanol–water partition coefficient (Wildman–Crippen LogP) is 14.3. The average molecular weight is 740 g/mol. The predicted molar refractivity (Wildman–Crippen MR) is 243 cm³/mol. The van der Waals surface area contributed by atoms with Crippen molar-refractivity contribution in [1.29, 1.82) is 0 Å².